The van der Waals surface area contributed by atoms with Gasteiger partial charge in [0.25, 0.3) is 0 Å². The van der Waals surface area contributed by atoms with Crippen LogP contribution in [-0.2, 0) is 6.42 Å². The van der Waals surface area contributed by atoms with E-state index in [9.17, 15) is 0 Å². The van der Waals surface area contributed by atoms with Crippen molar-refractivity contribution in [2.75, 3.05) is 0 Å². The number of thiazole rings is 1. The molecule has 2 nitrogen and oxygen atoms in total. The number of hydrogen-bond acceptors (Lipinski definition) is 3. The van der Waals surface area contributed by atoms with Crippen LogP contribution in [0.1, 0.15) is 18.7 Å². The van der Waals surface area contributed by atoms with Crippen molar-refractivity contribution in [1.82, 2.24) is 4.98 Å². The number of rotatable bonds is 3. The molecule has 0 aliphatic carbocycles. The van der Waals surface area contributed by atoms with Crippen molar-refractivity contribution >= 4 is 11.3 Å². The summed E-state index contributed by atoms with van der Waals surface area (Å²) in [6.07, 6.45) is 2.98. The summed E-state index contributed by atoms with van der Waals surface area (Å²) >= 11 is 1.70. The Bertz CT molecular complexity index is 194. The van der Waals surface area contributed by atoms with Crippen LogP contribution in [0.25, 0.3) is 0 Å². The van der Waals surface area contributed by atoms with Crippen molar-refractivity contribution in [3.8, 4) is 0 Å². The van der Waals surface area contributed by atoms with Gasteiger partial charge in [0.05, 0.1) is 5.51 Å². The van der Waals surface area contributed by atoms with E-state index >= 15 is 0 Å². The van der Waals surface area contributed by atoms with Gasteiger partial charge in [0, 0.05) is 17.1 Å². The van der Waals surface area contributed by atoms with Crippen LogP contribution in [0, 0.1) is 5.92 Å². The van der Waals surface area contributed by atoms with Gasteiger partial charge < -0.3 is 5.73 Å². The lowest BCUT2D eigenvalue weighted by Crippen LogP contribution is -2.25. The second kappa shape index (κ2) is 3.83. The molecule has 0 aromatic carbocycles. The largest absolute Gasteiger partial charge is 0.328 e. The normalized spacial score (nSPS) is 16.3. The Hall–Kier alpha value is -0.410. The lowest BCUT2D eigenvalue weighted by Gasteiger charge is -2.13. The molecule has 0 fully saturated rings. The smallest absolute Gasteiger partial charge is 0.0794 e. The van der Waals surface area contributed by atoms with Crippen LogP contribution in [0.2, 0.25) is 0 Å². The summed E-state index contributed by atoms with van der Waals surface area (Å²) in [5, 5.41) is 0. The fraction of sp³-hybridized carbons (Fsp3) is 0.625. The topological polar surface area (TPSA) is 38.9 Å². The number of aromatic nitrogens is 1. The van der Waals surface area contributed by atoms with E-state index in [1.807, 2.05) is 18.6 Å². The minimum Gasteiger partial charge on any atom is -0.328 e. The van der Waals surface area contributed by atoms with E-state index in [0.29, 0.717) is 5.92 Å². The summed E-state index contributed by atoms with van der Waals surface area (Å²) in [6.45, 7) is 4.22. The lowest BCUT2D eigenvalue weighted by atomic mass is 10.0. The minimum absolute atomic E-state index is 0.275. The molecule has 62 valence electrons. The molecular weight excluding hydrogens is 156 g/mol. The number of nitrogens with two attached hydrogens (primary N) is 1. The summed E-state index contributed by atoms with van der Waals surface area (Å²) in [5.41, 5.74) is 7.60. The molecule has 0 saturated carbocycles. The van der Waals surface area contributed by atoms with E-state index in [1.165, 1.54) is 4.88 Å². The van der Waals surface area contributed by atoms with E-state index in [-0.39, 0.29) is 6.04 Å². The minimum atomic E-state index is 0.275. The first-order valence-corrected chi connectivity index (χ1v) is 4.71. The molecule has 0 bridgehead atoms. The van der Waals surface area contributed by atoms with Gasteiger partial charge in [-0.15, -0.1) is 11.3 Å². The molecule has 0 saturated heterocycles. The van der Waals surface area contributed by atoms with Crippen LogP contribution >= 0.6 is 11.3 Å². The molecule has 3 heteroatoms. The van der Waals surface area contributed by atoms with Gasteiger partial charge in [-0.25, -0.2) is 0 Å². The Labute approximate surface area is 71.5 Å². The zero-order valence-corrected chi connectivity index (χ0v) is 7.77. The third-order valence-electron chi connectivity index (χ3n) is 1.90. The van der Waals surface area contributed by atoms with Crippen LogP contribution in [0.5, 0.6) is 0 Å². The quantitative estimate of drug-likeness (QED) is 0.749. The Morgan fingerprint density at radius 3 is 2.82 bits per heavy atom. The summed E-state index contributed by atoms with van der Waals surface area (Å²) in [4.78, 5) is 5.34. The van der Waals surface area contributed by atoms with Gasteiger partial charge in [-0.05, 0) is 19.3 Å². The third-order valence-corrected chi connectivity index (χ3v) is 2.71. The molecular formula is C8H14N2S. The summed E-state index contributed by atoms with van der Waals surface area (Å²) < 4.78 is 0. The molecule has 1 rings (SSSR count). The first-order valence-electron chi connectivity index (χ1n) is 3.83. The molecule has 11 heavy (non-hydrogen) atoms. The zero-order valence-electron chi connectivity index (χ0n) is 6.95. The van der Waals surface area contributed by atoms with Gasteiger partial charge in [-0.1, -0.05) is 6.92 Å². The Balaban J connectivity index is 2.43. The summed E-state index contributed by atoms with van der Waals surface area (Å²) in [6, 6.07) is 0.275. The van der Waals surface area contributed by atoms with Gasteiger partial charge in [-0.3, -0.25) is 4.98 Å². The Kier molecular flexibility index (Phi) is 3.02. The molecule has 1 aromatic heterocycles. The molecule has 0 radical (unpaired) electrons. The highest BCUT2D eigenvalue weighted by atomic mass is 32.1. The van der Waals surface area contributed by atoms with E-state index in [2.05, 4.69) is 11.9 Å². The van der Waals surface area contributed by atoms with Crippen molar-refractivity contribution in [3.05, 3.63) is 16.6 Å². The van der Waals surface area contributed by atoms with Crippen molar-refractivity contribution in [2.24, 2.45) is 11.7 Å². The standard InChI is InChI=1S/C8H14N2S/c1-6(7(2)9)3-8-4-10-5-11-8/h4-7H,3,9H2,1-2H3. The number of nitrogens with zero attached hydrogens (tertiary/aromatic N) is 1. The van der Waals surface area contributed by atoms with Crippen molar-refractivity contribution in [2.45, 2.75) is 26.3 Å². The van der Waals surface area contributed by atoms with Gasteiger partial charge in [0.15, 0.2) is 0 Å². The maximum Gasteiger partial charge on any atom is 0.0794 e. The number of hydrogen-bond donors (Lipinski definition) is 1. The summed E-state index contributed by atoms with van der Waals surface area (Å²) in [7, 11) is 0. The van der Waals surface area contributed by atoms with E-state index in [4.69, 9.17) is 5.73 Å². The maximum atomic E-state index is 5.74. The SMILES string of the molecule is CC(N)C(C)Cc1cncs1. The molecule has 0 amide bonds. The van der Waals surface area contributed by atoms with Crippen LogP contribution in [0.15, 0.2) is 11.7 Å². The molecule has 0 aliphatic heterocycles. The molecule has 0 spiro atoms. The Morgan fingerprint density at radius 1 is 1.64 bits per heavy atom. The van der Waals surface area contributed by atoms with Crippen LogP contribution in [0.3, 0.4) is 0 Å². The molecule has 1 aromatic rings. The van der Waals surface area contributed by atoms with Gasteiger partial charge in [0.2, 0.25) is 0 Å². The second-order valence-electron chi connectivity index (χ2n) is 3.01. The van der Waals surface area contributed by atoms with Gasteiger partial charge in [-0.2, -0.15) is 0 Å². The van der Waals surface area contributed by atoms with Gasteiger partial charge in [0.1, 0.15) is 0 Å². The first kappa shape index (κ1) is 8.68. The third kappa shape index (κ3) is 2.60. The molecule has 2 N–H and O–H groups in total. The second-order valence-corrected chi connectivity index (χ2v) is 3.98. The summed E-state index contributed by atoms with van der Waals surface area (Å²) in [5.74, 6) is 0.551. The fourth-order valence-electron chi connectivity index (χ4n) is 0.846. The van der Waals surface area contributed by atoms with Crippen LogP contribution < -0.4 is 5.73 Å². The predicted octanol–water partition coefficient (Wildman–Crippen LogP) is 1.67. The molecule has 2 atom stereocenters. The van der Waals surface area contributed by atoms with E-state index < -0.39 is 0 Å². The average Bonchev–Trinajstić information content (AvgIpc) is 2.39. The van der Waals surface area contributed by atoms with Gasteiger partial charge >= 0.3 is 0 Å². The lowest BCUT2D eigenvalue weighted by molar-refractivity contribution is 0.484. The predicted molar refractivity (Wildman–Crippen MR) is 48.6 cm³/mol. The van der Waals surface area contributed by atoms with Crippen molar-refractivity contribution < 1.29 is 0 Å². The highest BCUT2D eigenvalue weighted by Gasteiger charge is 2.08. The molecule has 2 unspecified atom stereocenters. The first-order chi connectivity index (χ1) is 5.20. The van der Waals surface area contributed by atoms with E-state index in [1.54, 1.807) is 11.3 Å². The average molecular weight is 170 g/mol. The molecule has 1 heterocycles. The monoisotopic (exact) mass is 170 g/mol. The van der Waals surface area contributed by atoms with Crippen molar-refractivity contribution in [3.63, 3.8) is 0 Å². The van der Waals surface area contributed by atoms with Crippen LogP contribution in [0.4, 0.5) is 0 Å². The van der Waals surface area contributed by atoms with Crippen LogP contribution in [-0.4, -0.2) is 11.0 Å². The maximum absolute atomic E-state index is 5.74. The highest BCUT2D eigenvalue weighted by Crippen LogP contribution is 2.13. The highest BCUT2D eigenvalue weighted by molar-refractivity contribution is 7.09. The van der Waals surface area contributed by atoms with Crippen molar-refractivity contribution in [1.29, 1.82) is 0 Å². The molecule has 0 aliphatic rings. The Morgan fingerprint density at radius 2 is 2.36 bits per heavy atom. The fourth-order valence-corrected chi connectivity index (χ4v) is 1.58. The zero-order chi connectivity index (χ0) is 8.27. The van der Waals surface area contributed by atoms with E-state index in [0.717, 1.165) is 6.42 Å².